The second kappa shape index (κ2) is 13.0. The molecule has 16 heteroatoms. The van der Waals surface area contributed by atoms with Crippen LogP contribution in [0.4, 0.5) is 22.7 Å². The number of nitrogens with two attached hydrogens (primary N) is 1. The summed E-state index contributed by atoms with van der Waals surface area (Å²) in [6.45, 7) is 3.91. The van der Waals surface area contributed by atoms with Crippen LogP contribution < -0.4 is 45.3 Å². The van der Waals surface area contributed by atoms with Gasteiger partial charge in [0.05, 0.1) is 22.0 Å². The lowest BCUT2D eigenvalue weighted by Crippen LogP contribution is -2.55. The number of carbonyl (C=O) groups is 2. The molecule has 0 aromatic heterocycles. The van der Waals surface area contributed by atoms with Gasteiger partial charge < -0.3 is 34.5 Å². The monoisotopic (exact) mass is 678 g/mol. The minimum atomic E-state index is -0.564. The second-order valence-corrected chi connectivity index (χ2v) is 11.4. The Balaban J connectivity index is 0.000000157. The molecule has 4 N–H and O–H groups in total. The molecule has 0 fully saturated rings. The van der Waals surface area contributed by atoms with Gasteiger partial charge in [0.1, 0.15) is 48.3 Å². The number of nitro groups is 1. The molecule has 4 aromatic rings. The SMILES string of the molecule is CC1C(=O)NN=C2COc3cc(Oc4ccccc4)c(N)cc3N21.CC1C(=O)NN=C2COc3cc(Oc4ccccc4)c([N+](=O)[O-])cc3N21. The zero-order chi connectivity index (χ0) is 34.9. The van der Waals surface area contributed by atoms with Gasteiger partial charge in [-0.25, -0.2) is 10.9 Å². The normalized spacial score (nSPS) is 18.4. The molecule has 2 atom stereocenters. The molecule has 4 heterocycles. The Bertz CT molecular complexity index is 2060. The molecule has 254 valence electrons. The smallest absolute Gasteiger partial charge is 0.313 e. The molecule has 0 spiro atoms. The molecular formula is C34H30N8O8. The number of nitrogens with zero attached hydrogens (tertiary/aromatic N) is 5. The van der Waals surface area contributed by atoms with Crippen molar-refractivity contribution in [3.8, 4) is 34.5 Å². The number of nitro benzene ring substituents is 1. The molecule has 4 aliphatic heterocycles. The lowest BCUT2D eigenvalue weighted by molar-refractivity contribution is -0.385. The first-order valence-corrected chi connectivity index (χ1v) is 15.5. The molecule has 4 aromatic carbocycles. The Hall–Kier alpha value is -6.84. The van der Waals surface area contributed by atoms with Gasteiger partial charge in [-0.2, -0.15) is 10.2 Å². The van der Waals surface area contributed by atoms with Crippen molar-refractivity contribution in [1.29, 1.82) is 0 Å². The average Bonchev–Trinajstić information content (AvgIpc) is 3.12. The molecule has 50 heavy (non-hydrogen) atoms. The molecule has 2 amide bonds. The van der Waals surface area contributed by atoms with E-state index in [4.69, 9.17) is 24.7 Å². The van der Waals surface area contributed by atoms with Gasteiger partial charge in [0.2, 0.25) is 5.75 Å². The summed E-state index contributed by atoms with van der Waals surface area (Å²) in [6, 6.07) is 23.5. The number of amidine groups is 2. The third-order valence-corrected chi connectivity index (χ3v) is 8.18. The van der Waals surface area contributed by atoms with Crippen molar-refractivity contribution in [3.05, 3.63) is 95.0 Å². The van der Waals surface area contributed by atoms with E-state index in [9.17, 15) is 19.7 Å². The Labute approximate surface area is 284 Å². The lowest BCUT2D eigenvalue weighted by Gasteiger charge is -2.38. The Morgan fingerprint density at radius 2 is 1.22 bits per heavy atom. The molecule has 0 bridgehead atoms. The maximum absolute atomic E-state index is 11.9. The second-order valence-electron chi connectivity index (χ2n) is 11.4. The van der Waals surface area contributed by atoms with Crippen LogP contribution in [0.25, 0.3) is 0 Å². The van der Waals surface area contributed by atoms with Crippen LogP contribution in [0, 0.1) is 10.1 Å². The largest absolute Gasteiger partial charge is 0.483 e. The van der Waals surface area contributed by atoms with Gasteiger partial charge in [0.25, 0.3) is 11.8 Å². The molecule has 4 aliphatic rings. The number of ether oxygens (including phenoxy) is 4. The minimum Gasteiger partial charge on any atom is -0.483 e. The molecule has 8 rings (SSSR count). The quantitative estimate of drug-likeness (QED) is 0.153. The van der Waals surface area contributed by atoms with Crippen molar-refractivity contribution in [2.24, 2.45) is 10.2 Å². The summed E-state index contributed by atoms with van der Waals surface area (Å²) in [6.07, 6.45) is 0. The van der Waals surface area contributed by atoms with Crippen molar-refractivity contribution in [3.63, 3.8) is 0 Å². The number of benzene rings is 4. The molecule has 0 saturated carbocycles. The molecule has 0 radical (unpaired) electrons. The van der Waals surface area contributed by atoms with Crippen molar-refractivity contribution < 1.29 is 33.5 Å². The maximum atomic E-state index is 11.9. The fourth-order valence-electron chi connectivity index (χ4n) is 5.66. The van der Waals surface area contributed by atoms with E-state index in [0.717, 1.165) is 0 Å². The molecular weight excluding hydrogens is 648 g/mol. The number of para-hydroxylation sites is 2. The standard InChI is InChI=1S/C17H14N4O5.C17H16N4O3/c1-10-17(22)19-18-16-9-25-14-8-15(26-11-5-3-2-4-6-11)13(21(23)24)7-12(14)20(10)16;1-10-17(22)20-19-16-9-23-15-8-14(12(18)7-13(15)21(10)16)24-11-5-3-2-4-6-11/h2-8,10H,9H2,1H3,(H,19,22);2-8,10H,9,18H2,1H3,(H,20,22). The number of amides is 2. The van der Waals surface area contributed by atoms with Gasteiger partial charge in [0.15, 0.2) is 17.4 Å². The van der Waals surface area contributed by atoms with E-state index in [1.165, 1.54) is 12.1 Å². The van der Waals surface area contributed by atoms with Crippen LogP contribution in [-0.2, 0) is 9.59 Å². The van der Waals surface area contributed by atoms with E-state index in [-0.39, 0.29) is 42.5 Å². The number of rotatable bonds is 5. The topological polar surface area (TPSA) is 195 Å². The highest BCUT2D eigenvalue weighted by atomic mass is 16.6. The van der Waals surface area contributed by atoms with Crippen LogP contribution in [0.15, 0.2) is 95.1 Å². The molecule has 16 nitrogen and oxygen atoms in total. The number of nitrogens with one attached hydrogen (secondary N) is 2. The summed E-state index contributed by atoms with van der Waals surface area (Å²) in [5.74, 6) is 3.39. The summed E-state index contributed by atoms with van der Waals surface area (Å²) in [4.78, 5) is 38.3. The van der Waals surface area contributed by atoms with Crippen LogP contribution in [0.2, 0.25) is 0 Å². The summed E-state index contributed by atoms with van der Waals surface area (Å²) in [5.41, 5.74) is 12.4. The van der Waals surface area contributed by atoms with Gasteiger partial charge in [0, 0.05) is 18.2 Å². The van der Waals surface area contributed by atoms with Gasteiger partial charge in [-0.05, 0) is 44.2 Å². The van der Waals surface area contributed by atoms with Gasteiger partial charge in [-0.3, -0.25) is 19.7 Å². The van der Waals surface area contributed by atoms with Gasteiger partial charge >= 0.3 is 5.69 Å². The van der Waals surface area contributed by atoms with E-state index < -0.39 is 11.0 Å². The van der Waals surface area contributed by atoms with Crippen molar-refractivity contribution in [2.45, 2.75) is 25.9 Å². The number of hydrogen-bond donors (Lipinski definition) is 3. The first-order valence-electron chi connectivity index (χ1n) is 15.5. The highest BCUT2D eigenvalue weighted by molar-refractivity contribution is 6.10. The first-order chi connectivity index (χ1) is 24.2. The summed E-state index contributed by atoms with van der Waals surface area (Å²) < 4.78 is 22.9. The average molecular weight is 679 g/mol. The van der Waals surface area contributed by atoms with E-state index in [1.807, 2.05) is 48.2 Å². The summed E-state index contributed by atoms with van der Waals surface area (Å²) in [7, 11) is 0. The van der Waals surface area contributed by atoms with Gasteiger partial charge in [-0.15, -0.1) is 0 Å². The zero-order valence-corrected chi connectivity index (χ0v) is 26.7. The number of hydrazone groups is 2. The van der Waals surface area contributed by atoms with E-state index >= 15 is 0 Å². The molecule has 0 aliphatic carbocycles. The van der Waals surface area contributed by atoms with Crippen LogP contribution >= 0.6 is 0 Å². The molecule has 0 saturated heterocycles. The number of hydrogen-bond acceptors (Lipinski definition) is 13. The van der Waals surface area contributed by atoms with E-state index in [2.05, 4.69) is 21.1 Å². The molecule has 2 unspecified atom stereocenters. The Morgan fingerprint density at radius 3 is 1.72 bits per heavy atom. The van der Waals surface area contributed by atoms with Gasteiger partial charge in [-0.1, -0.05) is 36.4 Å². The Morgan fingerprint density at radius 1 is 0.760 bits per heavy atom. The van der Waals surface area contributed by atoms with Crippen molar-refractivity contribution in [1.82, 2.24) is 10.9 Å². The maximum Gasteiger partial charge on any atom is 0.313 e. The van der Waals surface area contributed by atoms with Crippen LogP contribution in [0.1, 0.15) is 13.8 Å². The number of carbonyl (C=O) groups excluding carboxylic acids is 2. The predicted molar refractivity (Wildman–Crippen MR) is 183 cm³/mol. The van der Waals surface area contributed by atoms with Crippen LogP contribution in [-0.4, -0.2) is 53.7 Å². The predicted octanol–water partition coefficient (Wildman–Crippen LogP) is 4.51. The van der Waals surface area contributed by atoms with E-state index in [1.54, 1.807) is 48.2 Å². The third kappa shape index (κ3) is 6.00. The number of nitrogen functional groups attached to an aromatic ring is 1. The zero-order valence-electron chi connectivity index (χ0n) is 26.7. The van der Waals surface area contributed by atoms with Crippen LogP contribution in [0.5, 0.6) is 34.5 Å². The first kappa shape index (κ1) is 31.7. The number of fused-ring (bicyclic) bond motifs is 6. The number of anilines is 3. The minimum absolute atomic E-state index is 0.0643. The van der Waals surface area contributed by atoms with E-state index in [0.29, 0.717) is 57.5 Å². The van der Waals surface area contributed by atoms with Crippen molar-refractivity contribution >= 4 is 46.2 Å². The fourth-order valence-corrected chi connectivity index (χ4v) is 5.66. The fraction of sp³-hybridized carbons (Fsp3) is 0.176. The van der Waals surface area contributed by atoms with Crippen molar-refractivity contribution in [2.75, 3.05) is 28.7 Å². The summed E-state index contributed by atoms with van der Waals surface area (Å²) >= 11 is 0. The summed E-state index contributed by atoms with van der Waals surface area (Å²) in [5, 5.41) is 19.6. The highest BCUT2D eigenvalue weighted by Crippen LogP contribution is 2.45. The third-order valence-electron chi connectivity index (χ3n) is 8.18. The Kier molecular flexibility index (Phi) is 8.25. The lowest BCUT2D eigenvalue weighted by atomic mass is 10.1. The highest BCUT2D eigenvalue weighted by Gasteiger charge is 2.38. The van der Waals surface area contributed by atoms with Crippen LogP contribution in [0.3, 0.4) is 0 Å².